The third-order valence-corrected chi connectivity index (χ3v) is 3.57. The minimum absolute atomic E-state index is 0.0429. The Balaban J connectivity index is 2.47. The number of aryl methyl sites for hydroxylation is 1. The molecule has 0 spiro atoms. The van der Waals surface area contributed by atoms with Crippen molar-refractivity contribution in [1.29, 1.82) is 0 Å². The van der Waals surface area contributed by atoms with Gasteiger partial charge in [0.15, 0.2) is 5.69 Å². The quantitative estimate of drug-likeness (QED) is 0.674. The van der Waals surface area contributed by atoms with Crippen LogP contribution in [-0.2, 0) is 16.0 Å². The lowest BCUT2D eigenvalue weighted by Gasteiger charge is -2.11. The van der Waals surface area contributed by atoms with E-state index in [0.717, 1.165) is 17.5 Å². The van der Waals surface area contributed by atoms with E-state index in [9.17, 15) is 9.59 Å². The Hall–Kier alpha value is -2.40. The molecule has 0 aliphatic carbocycles. The Morgan fingerprint density at radius 3 is 2.70 bits per heavy atom. The van der Waals surface area contributed by atoms with Gasteiger partial charge < -0.3 is 10.1 Å². The molecule has 0 atom stereocenters. The van der Waals surface area contributed by atoms with Crippen molar-refractivity contribution in [3.63, 3.8) is 0 Å². The molecule has 0 saturated carbocycles. The fraction of sp³-hybridized carbons (Fsp3) is 0.235. The molecule has 0 bridgehead atoms. The minimum atomic E-state index is -0.622. The molecule has 0 radical (unpaired) electrons. The second-order valence-corrected chi connectivity index (χ2v) is 5.11. The highest BCUT2D eigenvalue weighted by atomic mass is 35.5. The Kier molecular flexibility index (Phi) is 5.71. The van der Waals surface area contributed by atoms with Crippen LogP contribution in [-0.4, -0.2) is 29.9 Å². The molecule has 0 fully saturated rings. The second-order valence-electron chi connectivity index (χ2n) is 4.85. The number of hydrogen-bond donors (Lipinski definition) is 1. The molecule has 23 heavy (non-hydrogen) atoms. The Morgan fingerprint density at radius 2 is 2.04 bits per heavy atom. The number of halogens is 1. The minimum Gasteiger partial charge on any atom is -0.464 e. The van der Waals surface area contributed by atoms with Crippen LogP contribution in [0.3, 0.4) is 0 Å². The largest absolute Gasteiger partial charge is 0.464 e. The molecule has 1 heterocycles. The molecule has 1 amide bonds. The number of carbonyl (C=O) groups is 2. The number of methoxy groups -OCH3 is 1. The molecule has 1 N–H and O–H groups in total. The first-order chi connectivity index (χ1) is 11.1. The van der Waals surface area contributed by atoms with Gasteiger partial charge in [-0.15, -0.1) is 11.6 Å². The Bertz CT molecular complexity index is 732. The van der Waals surface area contributed by atoms with Crippen LogP contribution in [0.2, 0.25) is 0 Å². The summed E-state index contributed by atoms with van der Waals surface area (Å²) in [6, 6.07) is 9.68. The molecule has 0 saturated heterocycles. The van der Waals surface area contributed by atoms with E-state index in [1.165, 1.54) is 12.7 Å². The molecule has 0 aliphatic heterocycles. The van der Waals surface area contributed by atoms with Crippen LogP contribution in [0.15, 0.2) is 36.5 Å². The first kappa shape index (κ1) is 17.0. The van der Waals surface area contributed by atoms with E-state index in [4.69, 9.17) is 11.6 Å². The van der Waals surface area contributed by atoms with Crippen LogP contribution >= 0.6 is 11.6 Å². The summed E-state index contributed by atoms with van der Waals surface area (Å²) in [6.45, 7) is 2.07. The topological polar surface area (TPSA) is 68.3 Å². The molecule has 1 aromatic heterocycles. The van der Waals surface area contributed by atoms with E-state index in [1.54, 1.807) is 12.3 Å². The van der Waals surface area contributed by atoms with E-state index in [0.29, 0.717) is 0 Å². The zero-order chi connectivity index (χ0) is 16.8. The van der Waals surface area contributed by atoms with Crippen molar-refractivity contribution in [3.8, 4) is 11.1 Å². The van der Waals surface area contributed by atoms with Gasteiger partial charge in [-0.25, -0.2) is 9.78 Å². The van der Waals surface area contributed by atoms with Gasteiger partial charge in [-0.05, 0) is 23.6 Å². The standard InChI is InChI=1S/C17H17ClN2O3/c1-3-11-5-4-6-12(7-11)13-8-14(20-15(21)9-18)16(19-10-13)17(22)23-2/h4-8,10H,3,9H2,1-2H3,(H,20,21). The number of amides is 1. The highest BCUT2D eigenvalue weighted by Crippen LogP contribution is 2.25. The van der Waals surface area contributed by atoms with Gasteiger partial charge >= 0.3 is 5.97 Å². The smallest absolute Gasteiger partial charge is 0.358 e. The number of esters is 1. The summed E-state index contributed by atoms with van der Waals surface area (Å²) in [5.41, 5.74) is 3.25. The predicted octanol–water partition coefficient (Wildman–Crippen LogP) is 3.27. The highest BCUT2D eigenvalue weighted by Gasteiger charge is 2.16. The van der Waals surface area contributed by atoms with E-state index < -0.39 is 11.9 Å². The van der Waals surface area contributed by atoms with Gasteiger partial charge in [-0.3, -0.25) is 4.79 Å². The van der Waals surface area contributed by atoms with E-state index in [-0.39, 0.29) is 17.3 Å². The first-order valence-electron chi connectivity index (χ1n) is 7.12. The molecular weight excluding hydrogens is 316 g/mol. The van der Waals surface area contributed by atoms with E-state index >= 15 is 0 Å². The number of benzene rings is 1. The third-order valence-electron chi connectivity index (χ3n) is 3.33. The summed E-state index contributed by atoms with van der Waals surface area (Å²) in [5.74, 6) is -1.25. The number of nitrogens with one attached hydrogen (secondary N) is 1. The summed E-state index contributed by atoms with van der Waals surface area (Å²) in [6.07, 6.45) is 2.49. The summed E-state index contributed by atoms with van der Waals surface area (Å²) < 4.78 is 4.69. The average molecular weight is 333 g/mol. The van der Waals surface area contributed by atoms with Crippen LogP contribution < -0.4 is 5.32 Å². The number of pyridine rings is 1. The maximum Gasteiger partial charge on any atom is 0.358 e. The summed E-state index contributed by atoms with van der Waals surface area (Å²) in [5, 5.41) is 2.58. The SMILES string of the molecule is CCc1cccc(-c2cnc(C(=O)OC)c(NC(=O)CCl)c2)c1. The molecule has 2 aromatic rings. The zero-order valence-electron chi connectivity index (χ0n) is 12.9. The number of nitrogens with zero attached hydrogens (tertiary/aromatic N) is 1. The van der Waals surface area contributed by atoms with Crippen molar-refractivity contribution in [3.05, 3.63) is 47.8 Å². The monoisotopic (exact) mass is 332 g/mol. The number of hydrogen-bond acceptors (Lipinski definition) is 4. The van der Waals surface area contributed by atoms with Crippen LogP contribution in [0.25, 0.3) is 11.1 Å². The molecule has 5 nitrogen and oxygen atoms in total. The molecule has 6 heteroatoms. The van der Waals surface area contributed by atoms with Crippen LogP contribution in [0.5, 0.6) is 0 Å². The van der Waals surface area contributed by atoms with Crippen LogP contribution in [0, 0.1) is 0 Å². The van der Waals surface area contributed by atoms with Gasteiger partial charge in [-0.1, -0.05) is 31.2 Å². The highest BCUT2D eigenvalue weighted by molar-refractivity contribution is 6.29. The van der Waals surface area contributed by atoms with Crippen molar-refractivity contribution >= 4 is 29.2 Å². The lowest BCUT2D eigenvalue weighted by atomic mass is 10.0. The van der Waals surface area contributed by atoms with Crippen LogP contribution in [0.1, 0.15) is 23.0 Å². The maximum absolute atomic E-state index is 11.8. The maximum atomic E-state index is 11.8. The Morgan fingerprint density at radius 1 is 1.26 bits per heavy atom. The summed E-state index contributed by atoms with van der Waals surface area (Å²) in [7, 11) is 1.26. The van der Waals surface area contributed by atoms with Gasteiger partial charge in [0, 0.05) is 11.8 Å². The van der Waals surface area contributed by atoms with Crippen molar-refractivity contribution in [2.75, 3.05) is 18.3 Å². The third kappa shape index (κ3) is 4.07. The molecule has 2 rings (SSSR count). The van der Waals surface area contributed by atoms with Crippen LogP contribution in [0.4, 0.5) is 5.69 Å². The summed E-state index contributed by atoms with van der Waals surface area (Å²) in [4.78, 5) is 27.5. The lowest BCUT2D eigenvalue weighted by Crippen LogP contribution is -2.17. The van der Waals surface area contributed by atoms with Gasteiger partial charge in [0.1, 0.15) is 5.88 Å². The first-order valence-corrected chi connectivity index (χ1v) is 7.66. The summed E-state index contributed by atoms with van der Waals surface area (Å²) >= 11 is 5.52. The van der Waals surface area contributed by atoms with Crippen molar-refractivity contribution in [1.82, 2.24) is 4.98 Å². The number of anilines is 1. The molecule has 120 valence electrons. The normalized spacial score (nSPS) is 10.2. The van der Waals surface area contributed by atoms with Crippen molar-refractivity contribution in [2.24, 2.45) is 0 Å². The van der Waals surface area contributed by atoms with E-state index in [2.05, 4.69) is 22.0 Å². The lowest BCUT2D eigenvalue weighted by molar-refractivity contribution is -0.113. The second kappa shape index (κ2) is 7.74. The number of carbonyl (C=O) groups excluding carboxylic acids is 2. The fourth-order valence-electron chi connectivity index (χ4n) is 2.13. The molecule has 0 unspecified atom stereocenters. The fourth-order valence-corrected chi connectivity index (χ4v) is 2.20. The number of rotatable bonds is 5. The van der Waals surface area contributed by atoms with Gasteiger partial charge in [-0.2, -0.15) is 0 Å². The van der Waals surface area contributed by atoms with E-state index in [1.807, 2.05) is 24.3 Å². The molecule has 0 aliphatic rings. The zero-order valence-corrected chi connectivity index (χ0v) is 13.7. The molecular formula is C17H17ClN2O3. The predicted molar refractivity (Wildman–Crippen MR) is 89.7 cm³/mol. The Labute approximate surface area is 139 Å². The van der Waals surface area contributed by atoms with Crippen molar-refractivity contribution < 1.29 is 14.3 Å². The van der Waals surface area contributed by atoms with Crippen molar-refractivity contribution in [2.45, 2.75) is 13.3 Å². The number of ether oxygens (including phenoxy) is 1. The average Bonchev–Trinajstić information content (AvgIpc) is 2.60. The van der Waals surface area contributed by atoms with Gasteiger partial charge in [0.2, 0.25) is 5.91 Å². The number of aromatic nitrogens is 1. The number of alkyl halides is 1. The van der Waals surface area contributed by atoms with Gasteiger partial charge in [0.25, 0.3) is 0 Å². The van der Waals surface area contributed by atoms with Gasteiger partial charge in [0.05, 0.1) is 12.8 Å². The molecule has 1 aromatic carbocycles.